The van der Waals surface area contributed by atoms with Crippen LogP contribution in [-0.2, 0) is 18.4 Å². The van der Waals surface area contributed by atoms with Gasteiger partial charge < -0.3 is 9.47 Å². The van der Waals surface area contributed by atoms with E-state index in [1.54, 1.807) is 6.92 Å². The number of nitrogens with zero attached hydrogens (tertiary/aromatic N) is 3. The third kappa shape index (κ3) is 4.20. The lowest BCUT2D eigenvalue weighted by molar-refractivity contribution is -0.139. The summed E-state index contributed by atoms with van der Waals surface area (Å²) >= 11 is 0. The molecular formula is C21H33N3O2. The van der Waals surface area contributed by atoms with Crippen LogP contribution in [0.2, 0.25) is 0 Å². The molecule has 3 rings (SSSR count). The average molecular weight is 360 g/mol. The second kappa shape index (κ2) is 7.95. The lowest BCUT2D eigenvalue weighted by Crippen LogP contribution is -2.54. The van der Waals surface area contributed by atoms with Crippen molar-refractivity contribution in [2.45, 2.75) is 58.9 Å². The van der Waals surface area contributed by atoms with Gasteiger partial charge in [-0.25, -0.2) is 0 Å². The molecule has 0 aliphatic carbocycles. The molecular weight excluding hydrogens is 326 g/mol. The Morgan fingerprint density at radius 2 is 2.08 bits per heavy atom. The highest BCUT2D eigenvalue weighted by atomic mass is 16.2. The summed E-state index contributed by atoms with van der Waals surface area (Å²) in [6.07, 6.45) is 8.32. The molecule has 1 atom stereocenters. The normalized spacial score (nSPS) is 24.4. The molecule has 0 radical (unpaired) electrons. The summed E-state index contributed by atoms with van der Waals surface area (Å²) in [4.78, 5) is 28.6. The Hall–Kier alpha value is -1.62. The van der Waals surface area contributed by atoms with Crippen LogP contribution in [0.5, 0.6) is 0 Å². The number of hydrogen-bond acceptors (Lipinski definition) is 3. The van der Waals surface area contributed by atoms with Crippen LogP contribution in [0, 0.1) is 5.41 Å². The highest BCUT2D eigenvalue weighted by Gasteiger charge is 2.41. The Kier molecular flexibility index (Phi) is 5.86. The van der Waals surface area contributed by atoms with Crippen molar-refractivity contribution in [3.63, 3.8) is 0 Å². The first-order valence-corrected chi connectivity index (χ1v) is 10.1. The summed E-state index contributed by atoms with van der Waals surface area (Å²) in [5, 5.41) is 0. The Morgan fingerprint density at radius 3 is 2.77 bits per heavy atom. The van der Waals surface area contributed by atoms with Gasteiger partial charge >= 0.3 is 0 Å². The van der Waals surface area contributed by atoms with Crippen LogP contribution in [-0.4, -0.2) is 52.2 Å². The second-order valence-corrected chi connectivity index (χ2v) is 8.37. The van der Waals surface area contributed by atoms with Crippen LogP contribution in [0.1, 0.15) is 68.4 Å². The quantitative estimate of drug-likeness (QED) is 0.733. The minimum atomic E-state index is 0.124. The van der Waals surface area contributed by atoms with Crippen molar-refractivity contribution in [1.82, 2.24) is 14.4 Å². The smallest absolute Gasteiger partial charge is 0.222 e. The van der Waals surface area contributed by atoms with Gasteiger partial charge in [0.15, 0.2) is 5.78 Å². The summed E-state index contributed by atoms with van der Waals surface area (Å²) in [5.74, 6) is 0.467. The van der Waals surface area contributed by atoms with Gasteiger partial charge in [0.25, 0.3) is 0 Å². The molecule has 5 nitrogen and oxygen atoms in total. The van der Waals surface area contributed by atoms with Crippen molar-refractivity contribution >= 4 is 11.7 Å². The van der Waals surface area contributed by atoms with E-state index in [2.05, 4.69) is 21.3 Å². The molecule has 1 spiro atoms. The predicted molar refractivity (Wildman–Crippen MR) is 103 cm³/mol. The largest absolute Gasteiger partial charge is 0.353 e. The van der Waals surface area contributed by atoms with Crippen LogP contribution >= 0.6 is 0 Å². The number of amides is 1. The molecule has 1 amide bonds. The molecule has 1 aromatic heterocycles. The maximum atomic E-state index is 12.3. The third-order valence-corrected chi connectivity index (χ3v) is 6.17. The fraction of sp³-hybridized carbons (Fsp3) is 0.714. The number of unbranched alkanes of at least 4 members (excludes halogenated alkanes) is 1. The lowest BCUT2D eigenvalue weighted by atomic mass is 9.73. The number of Topliss-reactive ketones (excluding diaryl/α,β-unsaturated/α-hetero) is 1. The molecule has 0 aromatic carbocycles. The van der Waals surface area contributed by atoms with Crippen LogP contribution in [0.4, 0.5) is 0 Å². The average Bonchev–Trinajstić information content (AvgIpc) is 2.97. The van der Waals surface area contributed by atoms with Gasteiger partial charge in [-0.2, -0.15) is 0 Å². The van der Waals surface area contributed by atoms with Gasteiger partial charge in [0.2, 0.25) is 5.91 Å². The van der Waals surface area contributed by atoms with Gasteiger partial charge in [-0.1, -0.05) is 13.3 Å². The molecule has 0 bridgehead atoms. The number of aryl methyl sites for hydroxylation is 1. The number of carbonyl (C=O) groups is 2. The van der Waals surface area contributed by atoms with Crippen molar-refractivity contribution in [2.75, 3.05) is 26.2 Å². The van der Waals surface area contributed by atoms with Crippen molar-refractivity contribution in [1.29, 1.82) is 0 Å². The Labute approximate surface area is 157 Å². The molecule has 1 unspecified atom stereocenters. The maximum absolute atomic E-state index is 12.3. The van der Waals surface area contributed by atoms with Gasteiger partial charge in [0, 0.05) is 62.5 Å². The molecule has 0 saturated carbocycles. The Balaban J connectivity index is 1.67. The summed E-state index contributed by atoms with van der Waals surface area (Å²) in [7, 11) is 2.02. The maximum Gasteiger partial charge on any atom is 0.222 e. The molecule has 0 N–H and O–H groups in total. The second-order valence-electron chi connectivity index (χ2n) is 8.37. The lowest BCUT2D eigenvalue weighted by Gasteiger charge is -2.48. The number of likely N-dealkylation sites (tertiary alicyclic amines) is 2. The fourth-order valence-electron chi connectivity index (χ4n) is 4.62. The van der Waals surface area contributed by atoms with Gasteiger partial charge in [0.1, 0.15) is 0 Å². The topological polar surface area (TPSA) is 45.5 Å². The van der Waals surface area contributed by atoms with E-state index in [0.29, 0.717) is 12.3 Å². The van der Waals surface area contributed by atoms with Crippen molar-refractivity contribution in [2.24, 2.45) is 12.5 Å². The monoisotopic (exact) mass is 359 g/mol. The van der Waals surface area contributed by atoms with E-state index in [1.807, 2.05) is 19.3 Å². The fourth-order valence-corrected chi connectivity index (χ4v) is 4.62. The Bertz CT molecular complexity index is 666. The van der Waals surface area contributed by atoms with Crippen LogP contribution in [0.25, 0.3) is 0 Å². The zero-order valence-electron chi connectivity index (χ0n) is 16.6. The van der Waals surface area contributed by atoms with E-state index < -0.39 is 0 Å². The molecule has 2 aliphatic heterocycles. The van der Waals surface area contributed by atoms with E-state index in [4.69, 9.17) is 0 Å². The van der Waals surface area contributed by atoms with E-state index in [0.717, 1.165) is 57.5 Å². The van der Waals surface area contributed by atoms with Crippen LogP contribution in [0.15, 0.2) is 12.3 Å². The number of piperidine rings is 2. The summed E-state index contributed by atoms with van der Waals surface area (Å²) in [6.45, 7) is 8.69. The van der Waals surface area contributed by atoms with E-state index in [-0.39, 0.29) is 11.2 Å². The molecule has 144 valence electrons. The minimum absolute atomic E-state index is 0.124. The first-order valence-electron chi connectivity index (χ1n) is 10.1. The first kappa shape index (κ1) is 19.2. The molecule has 26 heavy (non-hydrogen) atoms. The predicted octanol–water partition coefficient (Wildman–Crippen LogP) is 3.23. The SMILES string of the molecule is CCCCN1CC2(CCCN(Cc3cc(C(C)=O)cn3C)C2)CCC1=O. The molecule has 5 heteroatoms. The summed E-state index contributed by atoms with van der Waals surface area (Å²) < 4.78 is 2.08. The zero-order valence-corrected chi connectivity index (χ0v) is 16.6. The standard InChI is InChI=1S/C21H33N3O2/c1-4-5-11-24-16-21(9-7-20(24)26)8-6-10-23(15-21)14-19-12-18(17(2)25)13-22(19)3/h12-13H,4-11,14-16H2,1-3H3. The molecule has 2 saturated heterocycles. The number of hydrogen-bond donors (Lipinski definition) is 0. The first-order chi connectivity index (χ1) is 12.4. The molecule has 3 heterocycles. The highest BCUT2D eigenvalue weighted by molar-refractivity contribution is 5.94. The van der Waals surface area contributed by atoms with E-state index in [1.165, 1.54) is 18.5 Å². The van der Waals surface area contributed by atoms with E-state index in [9.17, 15) is 9.59 Å². The number of aromatic nitrogens is 1. The number of carbonyl (C=O) groups excluding carboxylic acids is 2. The number of ketones is 1. The van der Waals surface area contributed by atoms with Gasteiger partial charge in [-0.05, 0) is 45.2 Å². The van der Waals surface area contributed by atoms with Gasteiger partial charge in [0.05, 0.1) is 0 Å². The van der Waals surface area contributed by atoms with E-state index >= 15 is 0 Å². The Morgan fingerprint density at radius 1 is 1.27 bits per heavy atom. The minimum Gasteiger partial charge on any atom is -0.353 e. The molecule has 2 aliphatic rings. The number of rotatable bonds is 6. The zero-order chi connectivity index (χ0) is 18.7. The van der Waals surface area contributed by atoms with Crippen LogP contribution in [0.3, 0.4) is 0 Å². The van der Waals surface area contributed by atoms with Gasteiger partial charge in [-0.15, -0.1) is 0 Å². The van der Waals surface area contributed by atoms with Crippen molar-refractivity contribution in [3.05, 3.63) is 23.5 Å². The summed E-state index contributed by atoms with van der Waals surface area (Å²) in [6, 6.07) is 2.03. The van der Waals surface area contributed by atoms with Crippen LogP contribution < -0.4 is 0 Å². The summed E-state index contributed by atoms with van der Waals surface area (Å²) in [5.41, 5.74) is 2.25. The molecule has 2 fully saturated rings. The van der Waals surface area contributed by atoms with Crippen molar-refractivity contribution < 1.29 is 9.59 Å². The third-order valence-electron chi connectivity index (χ3n) is 6.17. The van der Waals surface area contributed by atoms with Crippen molar-refractivity contribution in [3.8, 4) is 0 Å². The van der Waals surface area contributed by atoms with Gasteiger partial charge in [-0.3, -0.25) is 14.5 Å². The highest BCUT2D eigenvalue weighted by Crippen LogP contribution is 2.39. The molecule has 1 aromatic rings.